The molecular weight excluding hydrogens is 339 g/mol. The molecule has 1 heterocycles. The van der Waals surface area contributed by atoms with Crippen LogP contribution in [-0.2, 0) is 12.8 Å². The largest absolute Gasteiger partial charge is 0.487 e. The number of carbonyl (C=O) groups excluding carboxylic acids is 1. The SMILES string of the molecule is Cc1ncccc1OCc1c(N(N)C(=O)NN)cccc1C(F)(F)F. The van der Waals surface area contributed by atoms with Crippen molar-refractivity contribution in [2.75, 3.05) is 5.01 Å². The van der Waals surface area contributed by atoms with Gasteiger partial charge in [-0.05, 0) is 31.2 Å². The molecule has 0 aliphatic carbocycles. The Balaban J connectivity index is 2.45. The average Bonchev–Trinajstić information content (AvgIpc) is 2.58. The lowest BCUT2D eigenvalue weighted by molar-refractivity contribution is -0.138. The number of nitrogens with zero attached hydrogens (tertiary/aromatic N) is 2. The normalized spacial score (nSPS) is 11.1. The van der Waals surface area contributed by atoms with E-state index in [1.165, 1.54) is 12.3 Å². The molecule has 2 aromatic rings. The number of rotatable bonds is 4. The van der Waals surface area contributed by atoms with Crippen LogP contribution in [0.3, 0.4) is 0 Å². The van der Waals surface area contributed by atoms with E-state index in [2.05, 4.69) is 4.98 Å². The number of urea groups is 1. The van der Waals surface area contributed by atoms with Gasteiger partial charge in [0.15, 0.2) is 0 Å². The van der Waals surface area contributed by atoms with Crippen LogP contribution in [0.5, 0.6) is 5.75 Å². The van der Waals surface area contributed by atoms with Crippen molar-refractivity contribution < 1.29 is 22.7 Å². The predicted octanol–water partition coefficient (Wildman–Crippen LogP) is 2.25. The van der Waals surface area contributed by atoms with Crippen molar-refractivity contribution in [2.24, 2.45) is 11.7 Å². The number of ether oxygens (including phenoxy) is 1. The molecule has 0 aliphatic rings. The smallest absolute Gasteiger partial charge is 0.416 e. The Morgan fingerprint density at radius 1 is 1.32 bits per heavy atom. The van der Waals surface area contributed by atoms with E-state index in [0.29, 0.717) is 16.5 Å². The molecule has 5 N–H and O–H groups in total. The molecule has 7 nitrogen and oxygen atoms in total. The van der Waals surface area contributed by atoms with Gasteiger partial charge in [-0.3, -0.25) is 10.4 Å². The summed E-state index contributed by atoms with van der Waals surface area (Å²) in [6.07, 6.45) is -3.12. The molecule has 0 unspecified atom stereocenters. The highest BCUT2D eigenvalue weighted by Crippen LogP contribution is 2.36. The van der Waals surface area contributed by atoms with Gasteiger partial charge in [-0.15, -0.1) is 0 Å². The van der Waals surface area contributed by atoms with Crippen LogP contribution < -0.4 is 26.9 Å². The van der Waals surface area contributed by atoms with Gasteiger partial charge in [0.25, 0.3) is 0 Å². The molecule has 0 aliphatic heterocycles. The summed E-state index contributed by atoms with van der Waals surface area (Å²) >= 11 is 0. The summed E-state index contributed by atoms with van der Waals surface area (Å²) in [5.41, 5.74) is 0.825. The fraction of sp³-hybridized carbons (Fsp3) is 0.200. The maximum absolute atomic E-state index is 13.3. The number of anilines is 1. The highest BCUT2D eigenvalue weighted by atomic mass is 19.4. The minimum Gasteiger partial charge on any atom is -0.487 e. The van der Waals surface area contributed by atoms with E-state index in [0.717, 1.165) is 12.1 Å². The predicted molar refractivity (Wildman–Crippen MR) is 84.1 cm³/mol. The number of hydrogen-bond donors (Lipinski definition) is 3. The third kappa shape index (κ3) is 4.17. The van der Waals surface area contributed by atoms with Gasteiger partial charge in [-0.1, -0.05) is 6.07 Å². The Hall–Kier alpha value is -2.85. The van der Waals surface area contributed by atoms with Crippen LogP contribution >= 0.6 is 0 Å². The van der Waals surface area contributed by atoms with E-state index >= 15 is 0 Å². The topological polar surface area (TPSA) is 106 Å². The number of halogens is 3. The molecule has 0 bridgehead atoms. The van der Waals surface area contributed by atoms with Crippen LogP contribution in [-0.4, -0.2) is 11.0 Å². The molecule has 134 valence electrons. The molecule has 2 amide bonds. The molecule has 25 heavy (non-hydrogen) atoms. The molecule has 0 saturated carbocycles. The molecule has 0 atom stereocenters. The number of nitrogens with one attached hydrogen (secondary N) is 1. The first-order valence-electron chi connectivity index (χ1n) is 7.04. The monoisotopic (exact) mass is 355 g/mol. The van der Waals surface area contributed by atoms with Gasteiger partial charge >= 0.3 is 12.2 Å². The first-order chi connectivity index (χ1) is 11.8. The third-order valence-corrected chi connectivity index (χ3v) is 3.39. The second kappa shape index (κ2) is 7.36. The molecule has 0 spiro atoms. The summed E-state index contributed by atoms with van der Waals surface area (Å²) in [5.74, 6) is 10.9. The zero-order chi connectivity index (χ0) is 18.6. The Morgan fingerprint density at radius 3 is 2.64 bits per heavy atom. The third-order valence-electron chi connectivity index (χ3n) is 3.39. The maximum Gasteiger partial charge on any atom is 0.416 e. The zero-order valence-electron chi connectivity index (χ0n) is 13.2. The van der Waals surface area contributed by atoms with Gasteiger partial charge in [0, 0.05) is 11.8 Å². The van der Waals surface area contributed by atoms with Crippen LogP contribution in [0, 0.1) is 6.92 Å². The molecule has 1 aromatic carbocycles. The van der Waals surface area contributed by atoms with Gasteiger partial charge in [0.1, 0.15) is 12.4 Å². The van der Waals surface area contributed by atoms with E-state index in [1.54, 1.807) is 24.5 Å². The number of aromatic nitrogens is 1. The second-order valence-electron chi connectivity index (χ2n) is 5.00. The fourth-order valence-electron chi connectivity index (χ4n) is 2.17. The number of benzene rings is 1. The van der Waals surface area contributed by atoms with Crippen LogP contribution in [0.25, 0.3) is 0 Å². The average molecular weight is 355 g/mol. The minimum atomic E-state index is -4.65. The van der Waals surface area contributed by atoms with Crippen molar-refractivity contribution in [3.8, 4) is 5.75 Å². The number of amides is 2. The lowest BCUT2D eigenvalue weighted by Crippen LogP contribution is -2.48. The maximum atomic E-state index is 13.3. The van der Waals surface area contributed by atoms with Gasteiger partial charge < -0.3 is 4.74 Å². The Kier molecular flexibility index (Phi) is 5.45. The van der Waals surface area contributed by atoms with Gasteiger partial charge in [-0.2, -0.15) is 13.2 Å². The van der Waals surface area contributed by atoms with E-state index in [1.807, 2.05) is 0 Å². The van der Waals surface area contributed by atoms with Crippen molar-refractivity contribution >= 4 is 11.7 Å². The van der Waals surface area contributed by atoms with E-state index in [4.69, 9.17) is 16.4 Å². The first kappa shape index (κ1) is 18.5. The summed E-state index contributed by atoms with van der Waals surface area (Å²) in [6.45, 7) is 1.19. The number of hydrogen-bond acceptors (Lipinski definition) is 5. The van der Waals surface area contributed by atoms with Crippen LogP contribution in [0.2, 0.25) is 0 Å². The number of pyridine rings is 1. The Morgan fingerprint density at radius 2 is 2.04 bits per heavy atom. The summed E-state index contributed by atoms with van der Waals surface area (Å²) in [4.78, 5) is 15.6. The van der Waals surface area contributed by atoms with Gasteiger partial charge in [0.05, 0.1) is 16.9 Å². The number of carbonyl (C=O) groups is 1. The van der Waals surface area contributed by atoms with Crippen molar-refractivity contribution in [1.82, 2.24) is 10.4 Å². The quantitative estimate of drug-likeness (QED) is 0.443. The first-order valence-corrected chi connectivity index (χ1v) is 7.04. The number of hydrazine groups is 2. The van der Waals surface area contributed by atoms with Crippen molar-refractivity contribution in [2.45, 2.75) is 19.7 Å². The Labute approximate surface area is 141 Å². The Bertz CT molecular complexity index is 767. The van der Waals surface area contributed by atoms with Crippen LogP contribution in [0.15, 0.2) is 36.5 Å². The number of nitrogens with two attached hydrogens (primary N) is 2. The zero-order valence-corrected chi connectivity index (χ0v) is 13.2. The summed E-state index contributed by atoms with van der Waals surface area (Å²) in [6, 6.07) is 5.48. The molecule has 0 radical (unpaired) electrons. The van der Waals surface area contributed by atoms with E-state index in [-0.39, 0.29) is 11.3 Å². The summed E-state index contributed by atoms with van der Waals surface area (Å²) in [5, 5.41) is 0.490. The van der Waals surface area contributed by atoms with E-state index in [9.17, 15) is 18.0 Å². The fourth-order valence-corrected chi connectivity index (χ4v) is 2.17. The van der Waals surface area contributed by atoms with Crippen molar-refractivity contribution in [1.29, 1.82) is 0 Å². The van der Waals surface area contributed by atoms with Crippen molar-refractivity contribution in [3.05, 3.63) is 53.3 Å². The summed E-state index contributed by atoms with van der Waals surface area (Å²) in [7, 11) is 0. The van der Waals surface area contributed by atoms with Gasteiger partial charge in [-0.25, -0.2) is 21.5 Å². The minimum absolute atomic E-state index is 0.181. The number of alkyl halides is 3. The van der Waals surface area contributed by atoms with Crippen molar-refractivity contribution in [3.63, 3.8) is 0 Å². The molecule has 2 rings (SSSR count). The van der Waals surface area contributed by atoms with E-state index < -0.39 is 24.4 Å². The number of aryl methyl sites for hydroxylation is 1. The molecule has 0 saturated heterocycles. The standard InChI is InChI=1S/C15H16F3N5O2/c1-9-13(6-3-7-21-9)25-8-10-11(15(16,17)18)4-2-5-12(10)23(20)14(24)22-19/h2-7H,8,19-20H2,1H3,(H,22,24). The molecule has 1 aromatic heterocycles. The van der Waals surface area contributed by atoms with Crippen LogP contribution in [0.1, 0.15) is 16.8 Å². The summed E-state index contributed by atoms with van der Waals surface area (Å²) < 4.78 is 45.4. The molecular formula is C15H16F3N5O2. The highest BCUT2D eigenvalue weighted by Gasteiger charge is 2.35. The molecule has 0 fully saturated rings. The highest BCUT2D eigenvalue weighted by molar-refractivity contribution is 5.91. The van der Waals surface area contributed by atoms with Gasteiger partial charge in [0.2, 0.25) is 0 Å². The lowest BCUT2D eigenvalue weighted by Gasteiger charge is -2.23. The second-order valence-corrected chi connectivity index (χ2v) is 5.00. The lowest BCUT2D eigenvalue weighted by atomic mass is 10.0. The molecule has 10 heteroatoms. The van der Waals surface area contributed by atoms with Crippen LogP contribution in [0.4, 0.5) is 23.7 Å².